The minimum Gasteiger partial charge on any atom is -0.322 e. The summed E-state index contributed by atoms with van der Waals surface area (Å²) in [6, 6.07) is 1.02. The highest BCUT2D eigenvalue weighted by Crippen LogP contribution is 2.19. The predicted molar refractivity (Wildman–Crippen MR) is 86.1 cm³/mol. The molecule has 0 saturated carbocycles. The van der Waals surface area contributed by atoms with E-state index in [0.717, 1.165) is 4.57 Å². The van der Waals surface area contributed by atoms with Crippen LogP contribution in [0, 0.1) is 0 Å². The fourth-order valence-electron chi connectivity index (χ4n) is 2.33. The van der Waals surface area contributed by atoms with Crippen LogP contribution in [0.3, 0.4) is 0 Å². The molecule has 0 radical (unpaired) electrons. The number of nitrogens with one attached hydrogen (secondary N) is 2. The van der Waals surface area contributed by atoms with Gasteiger partial charge in [0.2, 0.25) is 0 Å². The van der Waals surface area contributed by atoms with E-state index in [9.17, 15) is 19.2 Å². The third-order valence-electron chi connectivity index (χ3n) is 3.95. The number of rotatable bonds is 4. The maximum Gasteiger partial charge on any atom is 0.344 e. The van der Waals surface area contributed by atoms with Crippen molar-refractivity contribution in [3.8, 4) is 0 Å². The molecule has 0 aliphatic carbocycles. The normalized spacial score (nSPS) is 20.5. The lowest BCUT2D eigenvalue weighted by Gasteiger charge is -2.19. The summed E-state index contributed by atoms with van der Waals surface area (Å²) in [7, 11) is 0. The standard InChI is InChI=1S/C14H15N5O4S/c1-3-14(2)12(22)19(13(23)16-14)17-9(20)6-18-7-15-8-4-5-24-10(8)11(18)21/h4-5,7H,3,6H2,1-2H3,(H,16,23)(H,17,20)/t14-/m1/s1. The maximum atomic E-state index is 12.2. The molecule has 1 fully saturated rings. The summed E-state index contributed by atoms with van der Waals surface area (Å²) in [5.74, 6) is -1.21. The molecule has 0 aromatic carbocycles. The third kappa shape index (κ3) is 2.54. The molecule has 1 saturated heterocycles. The van der Waals surface area contributed by atoms with Crippen molar-refractivity contribution in [3.63, 3.8) is 0 Å². The van der Waals surface area contributed by atoms with E-state index in [1.54, 1.807) is 25.3 Å². The van der Waals surface area contributed by atoms with Crippen LogP contribution >= 0.6 is 11.3 Å². The van der Waals surface area contributed by atoms with Crippen molar-refractivity contribution < 1.29 is 14.4 Å². The monoisotopic (exact) mass is 349 g/mol. The number of carbonyl (C=O) groups is 3. The molecule has 10 heteroatoms. The fraction of sp³-hybridized carbons (Fsp3) is 0.357. The smallest absolute Gasteiger partial charge is 0.322 e. The van der Waals surface area contributed by atoms with Crippen molar-refractivity contribution in [3.05, 3.63) is 28.1 Å². The first kappa shape index (κ1) is 16.1. The van der Waals surface area contributed by atoms with Gasteiger partial charge in [-0.25, -0.2) is 9.78 Å². The lowest BCUT2D eigenvalue weighted by Crippen LogP contribution is -2.49. The van der Waals surface area contributed by atoms with Gasteiger partial charge in [0.1, 0.15) is 16.8 Å². The fourth-order valence-corrected chi connectivity index (χ4v) is 3.12. The molecule has 3 heterocycles. The predicted octanol–water partition coefficient (Wildman–Crippen LogP) is 0.210. The zero-order valence-electron chi connectivity index (χ0n) is 13.0. The van der Waals surface area contributed by atoms with Crippen molar-refractivity contribution in [2.24, 2.45) is 0 Å². The highest BCUT2D eigenvalue weighted by Gasteiger charge is 2.47. The van der Waals surface area contributed by atoms with Crippen LogP contribution in [0.15, 0.2) is 22.6 Å². The molecule has 2 aromatic rings. The topological polar surface area (TPSA) is 113 Å². The second-order valence-electron chi connectivity index (χ2n) is 5.60. The van der Waals surface area contributed by atoms with Crippen LogP contribution in [0.25, 0.3) is 10.2 Å². The molecule has 2 aromatic heterocycles. The molecule has 1 aliphatic heterocycles. The number of hydrazine groups is 1. The van der Waals surface area contributed by atoms with Gasteiger partial charge in [0.15, 0.2) is 0 Å². The molecule has 24 heavy (non-hydrogen) atoms. The van der Waals surface area contributed by atoms with E-state index in [1.807, 2.05) is 0 Å². The number of nitrogens with zero attached hydrogens (tertiary/aromatic N) is 3. The highest BCUT2D eigenvalue weighted by atomic mass is 32.1. The zero-order valence-corrected chi connectivity index (χ0v) is 13.8. The molecule has 2 N–H and O–H groups in total. The van der Waals surface area contributed by atoms with Crippen molar-refractivity contribution in [1.82, 2.24) is 25.3 Å². The Bertz CT molecular complexity index is 904. The molecular weight excluding hydrogens is 334 g/mol. The number of hydrogen-bond donors (Lipinski definition) is 2. The highest BCUT2D eigenvalue weighted by molar-refractivity contribution is 7.17. The van der Waals surface area contributed by atoms with E-state index in [1.165, 1.54) is 17.7 Å². The second kappa shape index (κ2) is 5.71. The average Bonchev–Trinajstić information content (AvgIpc) is 3.10. The van der Waals surface area contributed by atoms with Crippen LogP contribution in [-0.4, -0.2) is 37.9 Å². The maximum absolute atomic E-state index is 12.2. The molecule has 126 valence electrons. The van der Waals surface area contributed by atoms with Gasteiger partial charge in [-0.2, -0.15) is 5.01 Å². The van der Waals surface area contributed by atoms with Crippen LogP contribution in [0.5, 0.6) is 0 Å². The minimum atomic E-state index is -1.04. The number of thiophene rings is 1. The van der Waals surface area contributed by atoms with Crippen LogP contribution < -0.4 is 16.3 Å². The SMILES string of the molecule is CC[C@@]1(C)NC(=O)N(NC(=O)Cn2cnc3ccsc3c2=O)C1=O. The van der Waals surface area contributed by atoms with Gasteiger partial charge in [0.05, 0.1) is 11.8 Å². The Morgan fingerprint density at radius 1 is 1.42 bits per heavy atom. The van der Waals surface area contributed by atoms with E-state index >= 15 is 0 Å². The Morgan fingerprint density at radius 3 is 2.83 bits per heavy atom. The molecule has 0 unspecified atom stereocenters. The number of hydrogen-bond acceptors (Lipinski definition) is 6. The number of imide groups is 1. The minimum absolute atomic E-state index is 0.347. The molecule has 1 aliphatic rings. The lowest BCUT2D eigenvalue weighted by atomic mass is 10.00. The number of aromatic nitrogens is 2. The zero-order chi connectivity index (χ0) is 17.5. The van der Waals surface area contributed by atoms with Crippen molar-refractivity contribution >= 4 is 39.4 Å². The Morgan fingerprint density at radius 2 is 2.17 bits per heavy atom. The summed E-state index contributed by atoms with van der Waals surface area (Å²) in [6.45, 7) is 2.99. The van der Waals surface area contributed by atoms with Gasteiger partial charge in [-0.15, -0.1) is 11.3 Å². The number of fused-ring (bicyclic) bond motifs is 1. The summed E-state index contributed by atoms with van der Waals surface area (Å²) < 4.78 is 1.57. The molecule has 0 bridgehead atoms. The summed E-state index contributed by atoms with van der Waals surface area (Å²) in [5, 5.41) is 4.91. The van der Waals surface area contributed by atoms with Gasteiger partial charge in [-0.3, -0.25) is 24.4 Å². The van der Waals surface area contributed by atoms with Crippen LogP contribution in [0.4, 0.5) is 4.79 Å². The van der Waals surface area contributed by atoms with Gasteiger partial charge in [0.25, 0.3) is 17.4 Å². The number of amides is 4. The first-order valence-corrected chi connectivity index (χ1v) is 8.12. The molecule has 3 rings (SSSR count). The number of urea groups is 1. The molecular formula is C14H15N5O4S. The summed E-state index contributed by atoms with van der Waals surface area (Å²) in [6.07, 6.45) is 1.65. The van der Waals surface area contributed by atoms with Gasteiger partial charge in [-0.05, 0) is 24.8 Å². The Hall–Kier alpha value is -2.75. The number of carbonyl (C=O) groups excluding carboxylic acids is 3. The molecule has 9 nitrogen and oxygen atoms in total. The third-order valence-corrected chi connectivity index (χ3v) is 4.85. The lowest BCUT2D eigenvalue weighted by molar-refractivity contribution is -0.139. The first-order chi connectivity index (χ1) is 11.4. The molecule has 0 spiro atoms. The largest absolute Gasteiger partial charge is 0.344 e. The second-order valence-corrected chi connectivity index (χ2v) is 6.52. The van der Waals surface area contributed by atoms with E-state index < -0.39 is 23.4 Å². The summed E-state index contributed by atoms with van der Waals surface area (Å²) in [4.78, 5) is 52.5. The van der Waals surface area contributed by atoms with E-state index in [-0.39, 0.29) is 12.1 Å². The van der Waals surface area contributed by atoms with E-state index in [4.69, 9.17) is 0 Å². The van der Waals surface area contributed by atoms with Crippen LogP contribution in [-0.2, 0) is 16.1 Å². The van der Waals surface area contributed by atoms with Gasteiger partial charge >= 0.3 is 6.03 Å². The van der Waals surface area contributed by atoms with Crippen molar-refractivity contribution in [2.45, 2.75) is 32.4 Å². The first-order valence-electron chi connectivity index (χ1n) is 7.24. The quantitative estimate of drug-likeness (QED) is 0.766. The Kier molecular flexibility index (Phi) is 3.84. The molecule has 1 atom stereocenters. The van der Waals surface area contributed by atoms with Gasteiger partial charge < -0.3 is 5.32 Å². The average molecular weight is 349 g/mol. The summed E-state index contributed by atoms with van der Waals surface area (Å²) >= 11 is 1.24. The van der Waals surface area contributed by atoms with Crippen molar-refractivity contribution in [2.75, 3.05) is 0 Å². The van der Waals surface area contributed by atoms with Crippen LogP contribution in [0.2, 0.25) is 0 Å². The van der Waals surface area contributed by atoms with Crippen LogP contribution in [0.1, 0.15) is 20.3 Å². The van der Waals surface area contributed by atoms with E-state index in [0.29, 0.717) is 21.6 Å². The van der Waals surface area contributed by atoms with Gasteiger partial charge in [0, 0.05) is 0 Å². The molecule has 4 amide bonds. The summed E-state index contributed by atoms with van der Waals surface area (Å²) in [5.41, 5.74) is 1.41. The Balaban J connectivity index is 1.76. The van der Waals surface area contributed by atoms with Crippen molar-refractivity contribution in [1.29, 1.82) is 0 Å². The van der Waals surface area contributed by atoms with Gasteiger partial charge in [-0.1, -0.05) is 6.92 Å². The Labute approximate surface area is 140 Å². The van der Waals surface area contributed by atoms with E-state index in [2.05, 4.69) is 15.7 Å².